The Balaban J connectivity index is 1.92. The van der Waals surface area contributed by atoms with Crippen molar-refractivity contribution in [3.8, 4) is 0 Å². The summed E-state index contributed by atoms with van der Waals surface area (Å²) in [6, 6.07) is 3.93. The minimum Gasteiger partial charge on any atom is -0.366 e. The Kier molecular flexibility index (Phi) is 4.09. The maximum atomic E-state index is 11.3. The molecule has 18 heavy (non-hydrogen) atoms. The van der Waals surface area contributed by atoms with Crippen molar-refractivity contribution in [3.63, 3.8) is 0 Å². The summed E-state index contributed by atoms with van der Waals surface area (Å²) in [7, 11) is 3.71. The molecule has 98 valence electrons. The summed E-state index contributed by atoms with van der Waals surface area (Å²) in [6.45, 7) is 2.20. The second kappa shape index (κ2) is 5.77. The highest BCUT2D eigenvalue weighted by Gasteiger charge is 2.16. The number of aromatic nitrogens is 2. The zero-order valence-corrected chi connectivity index (χ0v) is 10.8. The Morgan fingerprint density at radius 1 is 1.33 bits per heavy atom. The highest BCUT2D eigenvalue weighted by molar-refractivity contribution is 5.91. The van der Waals surface area contributed by atoms with Crippen molar-refractivity contribution < 1.29 is 4.79 Å². The van der Waals surface area contributed by atoms with E-state index in [4.69, 9.17) is 0 Å². The molecule has 0 bridgehead atoms. The first-order chi connectivity index (χ1) is 8.69. The Morgan fingerprint density at radius 2 is 2.06 bits per heavy atom. The molecule has 1 saturated heterocycles. The lowest BCUT2D eigenvalue weighted by atomic mass is 10.1. The number of hydrogen-bond acceptors (Lipinski definition) is 5. The molecule has 1 aromatic heterocycles. The second-order valence-corrected chi connectivity index (χ2v) is 4.60. The number of anilines is 1. The summed E-state index contributed by atoms with van der Waals surface area (Å²) in [4.78, 5) is 13.6. The fraction of sp³-hybridized carbons (Fsp3) is 0.583. The van der Waals surface area contributed by atoms with Crippen molar-refractivity contribution in [2.75, 3.05) is 32.5 Å². The van der Waals surface area contributed by atoms with Gasteiger partial charge in [-0.05, 0) is 45.1 Å². The number of hydrogen-bond donors (Lipinski definition) is 2. The topological polar surface area (TPSA) is 70.2 Å². The monoisotopic (exact) mass is 249 g/mol. The van der Waals surface area contributed by atoms with Crippen LogP contribution in [0.15, 0.2) is 12.1 Å². The molecule has 1 aliphatic rings. The highest BCUT2D eigenvalue weighted by atomic mass is 16.1. The van der Waals surface area contributed by atoms with Gasteiger partial charge in [-0.15, -0.1) is 10.2 Å². The maximum Gasteiger partial charge on any atom is 0.271 e. The summed E-state index contributed by atoms with van der Waals surface area (Å²) >= 11 is 0. The van der Waals surface area contributed by atoms with Gasteiger partial charge in [-0.25, -0.2) is 0 Å². The molecule has 0 aromatic carbocycles. The van der Waals surface area contributed by atoms with E-state index in [-0.39, 0.29) is 5.91 Å². The molecule has 0 spiro atoms. The molecule has 0 atom stereocenters. The number of nitrogens with zero attached hydrogens (tertiary/aromatic N) is 3. The molecule has 2 N–H and O–H groups in total. The van der Waals surface area contributed by atoms with Gasteiger partial charge in [0.15, 0.2) is 5.69 Å². The van der Waals surface area contributed by atoms with Crippen LogP contribution in [0.25, 0.3) is 0 Å². The van der Waals surface area contributed by atoms with Crippen LogP contribution in [0.5, 0.6) is 0 Å². The first-order valence-electron chi connectivity index (χ1n) is 6.20. The lowest BCUT2D eigenvalue weighted by molar-refractivity contribution is 0.0957. The van der Waals surface area contributed by atoms with E-state index >= 15 is 0 Å². The Morgan fingerprint density at radius 3 is 2.61 bits per heavy atom. The first kappa shape index (κ1) is 12.8. The van der Waals surface area contributed by atoms with Crippen molar-refractivity contribution in [2.24, 2.45) is 0 Å². The summed E-state index contributed by atoms with van der Waals surface area (Å²) < 4.78 is 0. The minimum atomic E-state index is -0.214. The summed E-state index contributed by atoms with van der Waals surface area (Å²) in [5.74, 6) is 0.519. The fourth-order valence-corrected chi connectivity index (χ4v) is 2.02. The van der Waals surface area contributed by atoms with Crippen LogP contribution in [0.1, 0.15) is 23.3 Å². The summed E-state index contributed by atoms with van der Waals surface area (Å²) in [5.41, 5.74) is 0.339. The van der Waals surface area contributed by atoms with Crippen LogP contribution in [-0.2, 0) is 0 Å². The quantitative estimate of drug-likeness (QED) is 0.808. The molecule has 0 aliphatic carbocycles. The van der Waals surface area contributed by atoms with Crippen molar-refractivity contribution in [1.82, 2.24) is 20.4 Å². The standard InChI is InChI=1S/C12H19N5O/c1-13-12(18)10-3-4-11(16-15-10)14-9-5-7-17(2)8-6-9/h3-4,9H,5-8H2,1-2H3,(H,13,18)(H,14,16). The lowest BCUT2D eigenvalue weighted by Gasteiger charge is -2.29. The molecule has 1 aromatic rings. The van der Waals surface area contributed by atoms with Crippen LogP contribution in [0.3, 0.4) is 0 Å². The van der Waals surface area contributed by atoms with Gasteiger partial charge in [0.2, 0.25) is 0 Å². The Bertz CT molecular complexity index is 397. The molecule has 2 rings (SSSR count). The van der Waals surface area contributed by atoms with Crippen molar-refractivity contribution in [2.45, 2.75) is 18.9 Å². The van der Waals surface area contributed by atoms with Crippen LogP contribution in [0, 0.1) is 0 Å². The van der Waals surface area contributed by atoms with Gasteiger partial charge >= 0.3 is 0 Å². The van der Waals surface area contributed by atoms with E-state index in [2.05, 4.69) is 32.8 Å². The van der Waals surface area contributed by atoms with E-state index in [0.717, 1.165) is 31.7 Å². The molecule has 0 saturated carbocycles. The Labute approximate surface area is 107 Å². The average molecular weight is 249 g/mol. The van der Waals surface area contributed by atoms with Gasteiger partial charge < -0.3 is 15.5 Å². The molecule has 1 amide bonds. The third kappa shape index (κ3) is 3.16. The van der Waals surface area contributed by atoms with Crippen molar-refractivity contribution in [3.05, 3.63) is 17.8 Å². The van der Waals surface area contributed by atoms with Gasteiger partial charge in [0.1, 0.15) is 5.82 Å². The van der Waals surface area contributed by atoms with Gasteiger partial charge in [0.05, 0.1) is 0 Å². The molecule has 6 nitrogen and oxygen atoms in total. The number of rotatable bonds is 3. The van der Waals surface area contributed by atoms with Gasteiger partial charge in [0, 0.05) is 13.1 Å². The largest absolute Gasteiger partial charge is 0.366 e. The summed E-state index contributed by atoms with van der Waals surface area (Å²) in [6.07, 6.45) is 2.21. The van der Waals surface area contributed by atoms with Crippen LogP contribution >= 0.6 is 0 Å². The fourth-order valence-electron chi connectivity index (χ4n) is 2.02. The summed E-state index contributed by atoms with van der Waals surface area (Å²) in [5, 5.41) is 13.8. The number of amides is 1. The molecular formula is C12H19N5O. The predicted molar refractivity (Wildman–Crippen MR) is 69.6 cm³/mol. The molecule has 0 unspecified atom stereocenters. The van der Waals surface area contributed by atoms with Crippen LogP contribution in [-0.4, -0.2) is 54.2 Å². The molecule has 0 radical (unpaired) electrons. The SMILES string of the molecule is CNC(=O)c1ccc(NC2CCN(C)CC2)nn1. The van der Waals surface area contributed by atoms with E-state index in [1.165, 1.54) is 0 Å². The van der Waals surface area contributed by atoms with Crippen molar-refractivity contribution in [1.29, 1.82) is 0 Å². The predicted octanol–water partition coefficient (Wildman–Crippen LogP) is 0.342. The van der Waals surface area contributed by atoms with E-state index in [9.17, 15) is 4.79 Å². The van der Waals surface area contributed by atoms with Crippen molar-refractivity contribution >= 4 is 11.7 Å². The highest BCUT2D eigenvalue weighted by Crippen LogP contribution is 2.13. The normalized spacial score (nSPS) is 17.4. The number of carbonyl (C=O) groups is 1. The van der Waals surface area contributed by atoms with Gasteiger partial charge in [-0.2, -0.15) is 0 Å². The van der Waals surface area contributed by atoms with E-state index < -0.39 is 0 Å². The lowest BCUT2D eigenvalue weighted by Crippen LogP contribution is -2.36. The first-order valence-corrected chi connectivity index (χ1v) is 6.20. The molecule has 2 heterocycles. The zero-order chi connectivity index (χ0) is 13.0. The van der Waals surface area contributed by atoms with Gasteiger partial charge in [-0.3, -0.25) is 4.79 Å². The minimum absolute atomic E-state index is 0.214. The molecular weight excluding hydrogens is 230 g/mol. The maximum absolute atomic E-state index is 11.3. The van der Waals surface area contributed by atoms with Gasteiger partial charge in [-0.1, -0.05) is 0 Å². The van der Waals surface area contributed by atoms with E-state index in [1.54, 1.807) is 19.2 Å². The smallest absolute Gasteiger partial charge is 0.271 e. The molecule has 1 fully saturated rings. The molecule has 6 heteroatoms. The number of nitrogens with one attached hydrogen (secondary N) is 2. The average Bonchev–Trinajstić information content (AvgIpc) is 2.41. The molecule has 1 aliphatic heterocycles. The van der Waals surface area contributed by atoms with E-state index in [0.29, 0.717) is 11.7 Å². The number of carbonyl (C=O) groups excluding carboxylic acids is 1. The van der Waals surface area contributed by atoms with Crippen LogP contribution in [0.2, 0.25) is 0 Å². The van der Waals surface area contributed by atoms with Crippen LogP contribution in [0.4, 0.5) is 5.82 Å². The number of likely N-dealkylation sites (tertiary alicyclic amines) is 1. The Hall–Kier alpha value is -1.69. The van der Waals surface area contributed by atoms with Crippen LogP contribution < -0.4 is 10.6 Å². The zero-order valence-electron chi connectivity index (χ0n) is 10.8. The third-order valence-corrected chi connectivity index (χ3v) is 3.19. The third-order valence-electron chi connectivity index (χ3n) is 3.19. The van der Waals surface area contributed by atoms with E-state index in [1.807, 2.05) is 0 Å². The second-order valence-electron chi connectivity index (χ2n) is 4.60. The van der Waals surface area contributed by atoms with Gasteiger partial charge in [0.25, 0.3) is 5.91 Å². The number of piperidine rings is 1.